The number of nitrogens with zero attached hydrogens (tertiary/aromatic N) is 3. The second-order valence-corrected chi connectivity index (χ2v) is 10.1. The van der Waals surface area contributed by atoms with Gasteiger partial charge in [-0.3, -0.25) is 20.0 Å². The summed E-state index contributed by atoms with van der Waals surface area (Å²) in [6.07, 6.45) is 0.770. The number of esters is 1. The third-order valence-corrected chi connectivity index (χ3v) is 7.20. The maximum atomic E-state index is 13.3. The zero-order chi connectivity index (χ0) is 25.2. The van der Waals surface area contributed by atoms with E-state index in [0.29, 0.717) is 23.3 Å². The molecule has 1 aliphatic rings. The Bertz CT molecular complexity index is 1430. The highest BCUT2D eigenvalue weighted by atomic mass is 32.1. The lowest BCUT2D eigenvalue weighted by atomic mass is 9.95. The summed E-state index contributed by atoms with van der Waals surface area (Å²) in [5.74, 6) is -0.936. The molecular weight excluding hydrogens is 472 g/mol. The van der Waals surface area contributed by atoms with Crippen molar-refractivity contribution in [2.75, 3.05) is 18.5 Å². The molecule has 1 N–H and O–H groups in total. The molecule has 0 unspecified atom stereocenters. The number of aryl methyl sites for hydroxylation is 1. The fourth-order valence-corrected chi connectivity index (χ4v) is 5.17. The Kier molecular flexibility index (Phi) is 6.80. The van der Waals surface area contributed by atoms with Gasteiger partial charge in [0.1, 0.15) is 0 Å². The van der Waals surface area contributed by atoms with Gasteiger partial charge in [-0.25, -0.2) is 9.78 Å². The molecule has 0 fully saturated rings. The van der Waals surface area contributed by atoms with Crippen LogP contribution in [0.15, 0.2) is 53.9 Å². The molecule has 3 heterocycles. The van der Waals surface area contributed by atoms with Crippen molar-refractivity contribution in [3.05, 3.63) is 76.3 Å². The Balaban J connectivity index is 1.31. The van der Waals surface area contributed by atoms with Gasteiger partial charge in [-0.2, -0.15) is 0 Å². The van der Waals surface area contributed by atoms with Crippen LogP contribution in [0.4, 0.5) is 5.13 Å². The summed E-state index contributed by atoms with van der Waals surface area (Å²) in [5, 5.41) is 5.84. The number of carbonyl (C=O) groups is 2. The molecule has 1 aliphatic heterocycles. The van der Waals surface area contributed by atoms with E-state index in [-0.39, 0.29) is 0 Å². The van der Waals surface area contributed by atoms with E-state index >= 15 is 0 Å². The van der Waals surface area contributed by atoms with Gasteiger partial charge in [0.05, 0.1) is 16.8 Å². The van der Waals surface area contributed by atoms with Crippen molar-refractivity contribution in [2.24, 2.45) is 0 Å². The second-order valence-electron chi connectivity index (χ2n) is 9.27. The number of anilines is 1. The number of rotatable bonds is 6. The van der Waals surface area contributed by atoms with E-state index in [2.05, 4.69) is 29.0 Å². The van der Waals surface area contributed by atoms with Gasteiger partial charge < -0.3 is 4.74 Å². The molecule has 8 heteroatoms. The van der Waals surface area contributed by atoms with Crippen molar-refractivity contribution in [3.8, 4) is 11.3 Å². The number of para-hydroxylation sites is 1. The van der Waals surface area contributed by atoms with Crippen LogP contribution in [-0.2, 0) is 22.5 Å². The van der Waals surface area contributed by atoms with Crippen LogP contribution < -0.4 is 5.32 Å². The number of pyridine rings is 1. The lowest BCUT2D eigenvalue weighted by molar-refractivity contribution is -0.119. The van der Waals surface area contributed by atoms with Crippen LogP contribution in [0.25, 0.3) is 22.2 Å². The maximum Gasteiger partial charge on any atom is 0.339 e. The molecule has 36 heavy (non-hydrogen) atoms. The average molecular weight is 501 g/mol. The molecule has 1 amide bonds. The van der Waals surface area contributed by atoms with Crippen LogP contribution in [0.5, 0.6) is 0 Å². The smallest absolute Gasteiger partial charge is 0.339 e. The van der Waals surface area contributed by atoms with Gasteiger partial charge in [-0.05, 0) is 26.8 Å². The SMILES string of the molecule is Cc1ccc(-c2csc(NC(=O)COC(=O)c3c4c(nc5ccccc35)CCN(C(C)C)C4)n2)cc1. The zero-order valence-electron chi connectivity index (χ0n) is 20.6. The summed E-state index contributed by atoms with van der Waals surface area (Å²) in [5.41, 5.74) is 6.02. The topological polar surface area (TPSA) is 84.4 Å². The number of amides is 1. The Morgan fingerprint density at radius 3 is 2.67 bits per heavy atom. The average Bonchev–Trinajstić information content (AvgIpc) is 3.34. The number of ether oxygens (including phenoxy) is 1. The van der Waals surface area contributed by atoms with Crippen molar-refractivity contribution in [3.63, 3.8) is 0 Å². The first-order valence-electron chi connectivity index (χ1n) is 12.0. The first kappa shape index (κ1) is 24.1. The monoisotopic (exact) mass is 500 g/mol. The van der Waals surface area contributed by atoms with Gasteiger partial charge >= 0.3 is 5.97 Å². The quantitative estimate of drug-likeness (QED) is 0.365. The van der Waals surface area contributed by atoms with Crippen LogP contribution in [-0.4, -0.2) is 45.9 Å². The largest absolute Gasteiger partial charge is 0.452 e. The number of nitrogens with one attached hydrogen (secondary N) is 1. The predicted molar refractivity (Wildman–Crippen MR) is 142 cm³/mol. The molecule has 0 radical (unpaired) electrons. The van der Waals surface area contributed by atoms with Crippen molar-refractivity contribution in [2.45, 2.75) is 39.8 Å². The summed E-state index contributed by atoms with van der Waals surface area (Å²) in [6, 6.07) is 16.0. The van der Waals surface area contributed by atoms with Gasteiger partial charge in [0.15, 0.2) is 11.7 Å². The van der Waals surface area contributed by atoms with Crippen LogP contribution in [0.2, 0.25) is 0 Å². The highest BCUT2D eigenvalue weighted by Crippen LogP contribution is 2.30. The van der Waals surface area contributed by atoms with E-state index in [9.17, 15) is 9.59 Å². The van der Waals surface area contributed by atoms with Crippen LogP contribution in [0, 0.1) is 6.92 Å². The number of thiazole rings is 1. The molecule has 5 rings (SSSR count). The Morgan fingerprint density at radius 1 is 1.11 bits per heavy atom. The van der Waals surface area contributed by atoms with E-state index < -0.39 is 18.5 Å². The molecule has 0 saturated carbocycles. The number of hydrogen-bond acceptors (Lipinski definition) is 7. The van der Waals surface area contributed by atoms with Crippen molar-refractivity contribution in [1.82, 2.24) is 14.9 Å². The molecule has 2 aromatic heterocycles. The normalized spacial score (nSPS) is 13.6. The lowest BCUT2D eigenvalue weighted by Crippen LogP contribution is -2.37. The third-order valence-electron chi connectivity index (χ3n) is 6.44. The molecule has 184 valence electrons. The number of carbonyl (C=O) groups excluding carboxylic acids is 2. The number of fused-ring (bicyclic) bond motifs is 2. The molecule has 0 bridgehead atoms. The molecule has 0 atom stereocenters. The van der Waals surface area contributed by atoms with Gasteiger partial charge in [-0.15, -0.1) is 11.3 Å². The zero-order valence-corrected chi connectivity index (χ0v) is 21.4. The summed E-state index contributed by atoms with van der Waals surface area (Å²) in [7, 11) is 0. The van der Waals surface area contributed by atoms with Crippen molar-refractivity contribution in [1.29, 1.82) is 0 Å². The number of benzene rings is 2. The first-order chi connectivity index (χ1) is 17.4. The maximum absolute atomic E-state index is 13.3. The van der Waals surface area contributed by atoms with Crippen LogP contribution in [0.1, 0.15) is 41.0 Å². The minimum Gasteiger partial charge on any atom is -0.452 e. The minimum absolute atomic E-state index is 0.349. The molecule has 4 aromatic rings. The van der Waals surface area contributed by atoms with Gasteiger partial charge in [0, 0.05) is 53.1 Å². The second kappa shape index (κ2) is 10.2. The van der Waals surface area contributed by atoms with Gasteiger partial charge in [-0.1, -0.05) is 48.0 Å². The summed E-state index contributed by atoms with van der Waals surface area (Å²) >= 11 is 1.33. The van der Waals surface area contributed by atoms with E-state index in [0.717, 1.165) is 46.4 Å². The standard InChI is InChI=1S/C28H28N4O3S/c1-17(2)32-13-12-23-21(14-32)26(20-6-4-5-7-22(20)29-23)27(34)35-15-25(33)31-28-30-24(16-36-28)19-10-8-18(3)9-11-19/h4-11,16-17H,12-15H2,1-3H3,(H,30,31,33). The summed E-state index contributed by atoms with van der Waals surface area (Å²) < 4.78 is 5.52. The molecule has 2 aromatic carbocycles. The predicted octanol–water partition coefficient (Wildman–Crippen LogP) is 5.23. The molecule has 7 nitrogen and oxygen atoms in total. The fraction of sp³-hybridized carbons (Fsp3) is 0.286. The van der Waals surface area contributed by atoms with Crippen molar-refractivity contribution >= 4 is 39.2 Å². The first-order valence-corrected chi connectivity index (χ1v) is 12.9. The Morgan fingerprint density at radius 2 is 1.89 bits per heavy atom. The summed E-state index contributed by atoms with van der Waals surface area (Å²) in [6.45, 7) is 7.45. The number of aromatic nitrogens is 2. The molecule has 0 spiro atoms. The Labute approximate surface area is 214 Å². The minimum atomic E-state index is -0.509. The third kappa shape index (κ3) is 5.01. The molecular formula is C28H28N4O3S. The van der Waals surface area contributed by atoms with Gasteiger partial charge in [0.25, 0.3) is 5.91 Å². The van der Waals surface area contributed by atoms with E-state index in [1.165, 1.54) is 16.9 Å². The van der Waals surface area contributed by atoms with Gasteiger partial charge in [0.2, 0.25) is 0 Å². The fourth-order valence-electron chi connectivity index (χ4n) is 4.43. The van der Waals surface area contributed by atoms with Crippen molar-refractivity contribution < 1.29 is 14.3 Å². The number of hydrogen-bond donors (Lipinski definition) is 1. The van der Waals surface area contributed by atoms with E-state index in [4.69, 9.17) is 9.72 Å². The highest BCUT2D eigenvalue weighted by molar-refractivity contribution is 7.14. The van der Waals surface area contributed by atoms with Crippen LogP contribution >= 0.6 is 11.3 Å². The van der Waals surface area contributed by atoms with Crippen LogP contribution in [0.3, 0.4) is 0 Å². The highest BCUT2D eigenvalue weighted by Gasteiger charge is 2.28. The summed E-state index contributed by atoms with van der Waals surface area (Å²) in [4.78, 5) is 37.5. The Hall–Kier alpha value is -3.62. The lowest BCUT2D eigenvalue weighted by Gasteiger charge is -2.32. The van der Waals surface area contributed by atoms with E-state index in [1.54, 1.807) is 0 Å². The van der Waals surface area contributed by atoms with E-state index in [1.807, 2.05) is 60.8 Å². The molecule has 0 aliphatic carbocycles. The molecule has 0 saturated heterocycles.